The molecule has 2 saturated heterocycles. The number of piperidine rings is 1. The quantitative estimate of drug-likeness (QED) is 0.770. The van der Waals surface area contributed by atoms with Gasteiger partial charge in [-0.25, -0.2) is 0 Å². The van der Waals surface area contributed by atoms with Crippen molar-refractivity contribution in [3.05, 3.63) is 12.2 Å². The molecule has 0 aromatic heterocycles. The standard InChI is InChI=1S/C15H21NO5/c17-13(11-3-1-2-4-12(11)14(18)19)16-7-5-15(6-8-16)20-9-10-21-15/h1-2,11-12H,3-10H2,(H,18,19)/t11-,12-/m0/s1. The van der Waals surface area contributed by atoms with E-state index in [2.05, 4.69) is 0 Å². The van der Waals surface area contributed by atoms with E-state index in [1.807, 2.05) is 12.2 Å². The molecule has 0 radical (unpaired) electrons. The molecule has 2 fully saturated rings. The first-order valence-corrected chi connectivity index (χ1v) is 7.56. The van der Waals surface area contributed by atoms with Gasteiger partial charge in [-0.1, -0.05) is 12.2 Å². The van der Waals surface area contributed by atoms with Crippen LogP contribution in [0.2, 0.25) is 0 Å². The third-order valence-corrected chi connectivity index (χ3v) is 4.72. The SMILES string of the molecule is O=C(O)[C@H]1CC=CC[C@@H]1C(=O)N1CCC2(CC1)OCCO2. The van der Waals surface area contributed by atoms with Crippen LogP contribution >= 0.6 is 0 Å². The largest absolute Gasteiger partial charge is 0.481 e. The third-order valence-electron chi connectivity index (χ3n) is 4.72. The van der Waals surface area contributed by atoms with E-state index in [1.54, 1.807) is 4.90 Å². The first-order valence-electron chi connectivity index (χ1n) is 7.56. The number of amides is 1. The summed E-state index contributed by atoms with van der Waals surface area (Å²) in [5, 5.41) is 9.28. The molecule has 0 unspecified atom stereocenters. The van der Waals surface area contributed by atoms with Crippen LogP contribution < -0.4 is 0 Å². The Labute approximate surface area is 123 Å². The molecule has 116 valence electrons. The summed E-state index contributed by atoms with van der Waals surface area (Å²) in [4.78, 5) is 25.7. The van der Waals surface area contributed by atoms with E-state index in [4.69, 9.17) is 9.47 Å². The number of aliphatic carboxylic acids is 1. The minimum atomic E-state index is -0.881. The molecule has 2 aliphatic heterocycles. The Balaban J connectivity index is 1.63. The van der Waals surface area contributed by atoms with Gasteiger partial charge in [-0.15, -0.1) is 0 Å². The number of carbonyl (C=O) groups is 2. The van der Waals surface area contributed by atoms with Crippen molar-refractivity contribution in [2.24, 2.45) is 11.8 Å². The number of hydrogen-bond donors (Lipinski definition) is 1. The lowest BCUT2D eigenvalue weighted by molar-refractivity contribution is -0.189. The number of hydrogen-bond acceptors (Lipinski definition) is 4. The summed E-state index contributed by atoms with van der Waals surface area (Å²) in [7, 11) is 0. The second-order valence-corrected chi connectivity index (χ2v) is 5.93. The maximum Gasteiger partial charge on any atom is 0.307 e. The maximum atomic E-state index is 12.6. The van der Waals surface area contributed by atoms with E-state index in [-0.39, 0.29) is 5.91 Å². The smallest absolute Gasteiger partial charge is 0.307 e. The number of carboxylic acid groups (broad SMARTS) is 1. The summed E-state index contributed by atoms with van der Waals surface area (Å²) < 4.78 is 11.3. The Hall–Kier alpha value is -1.40. The second kappa shape index (κ2) is 5.77. The van der Waals surface area contributed by atoms with Crippen LogP contribution in [0.3, 0.4) is 0 Å². The molecule has 1 aliphatic carbocycles. The zero-order chi connectivity index (χ0) is 14.9. The predicted molar refractivity (Wildman–Crippen MR) is 73.4 cm³/mol. The van der Waals surface area contributed by atoms with Crippen molar-refractivity contribution in [1.29, 1.82) is 0 Å². The summed E-state index contributed by atoms with van der Waals surface area (Å²) >= 11 is 0. The molecule has 3 aliphatic rings. The Morgan fingerprint density at radius 3 is 2.19 bits per heavy atom. The molecule has 2 atom stereocenters. The normalized spacial score (nSPS) is 31.5. The molecule has 3 rings (SSSR count). The van der Waals surface area contributed by atoms with Gasteiger partial charge < -0.3 is 19.5 Å². The molecule has 0 aromatic rings. The topological polar surface area (TPSA) is 76.1 Å². The van der Waals surface area contributed by atoms with E-state index in [1.165, 1.54) is 0 Å². The molecule has 1 amide bonds. The third kappa shape index (κ3) is 2.82. The summed E-state index contributed by atoms with van der Waals surface area (Å²) in [6.45, 7) is 2.38. The van der Waals surface area contributed by atoms with Crippen LogP contribution in [0, 0.1) is 11.8 Å². The Kier molecular flexibility index (Phi) is 3.99. The molecule has 21 heavy (non-hydrogen) atoms. The Morgan fingerprint density at radius 1 is 1.05 bits per heavy atom. The lowest BCUT2D eigenvalue weighted by atomic mass is 9.81. The van der Waals surface area contributed by atoms with Gasteiger partial charge in [-0.2, -0.15) is 0 Å². The van der Waals surface area contributed by atoms with Crippen molar-refractivity contribution in [3.8, 4) is 0 Å². The summed E-state index contributed by atoms with van der Waals surface area (Å²) in [6.07, 6.45) is 6.06. The minimum Gasteiger partial charge on any atom is -0.481 e. The van der Waals surface area contributed by atoms with E-state index >= 15 is 0 Å². The molecule has 2 heterocycles. The van der Waals surface area contributed by atoms with Crippen LogP contribution in [0.15, 0.2) is 12.2 Å². The fourth-order valence-electron chi connectivity index (χ4n) is 3.45. The molecule has 0 bridgehead atoms. The van der Waals surface area contributed by atoms with Gasteiger partial charge >= 0.3 is 5.97 Å². The number of carbonyl (C=O) groups excluding carboxylic acids is 1. The number of ether oxygens (including phenoxy) is 2. The molecule has 6 nitrogen and oxygen atoms in total. The van der Waals surface area contributed by atoms with Crippen molar-refractivity contribution in [2.75, 3.05) is 26.3 Å². The van der Waals surface area contributed by atoms with Crippen molar-refractivity contribution < 1.29 is 24.2 Å². The summed E-state index contributed by atoms with van der Waals surface area (Å²) in [6, 6.07) is 0. The number of allylic oxidation sites excluding steroid dienone is 2. The minimum absolute atomic E-state index is 0.0420. The molecule has 0 aromatic carbocycles. The number of carboxylic acids is 1. The summed E-state index contributed by atoms with van der Waals surface area (Å²) in [5.41, 5.74) is 0. The van der Waals surface area contributed by atoms with E-state index in [9.17, 15) is 14.7 Å². The zero-order valence-corrected chi connectivity index (χ0v) is 12.0. The number of nitrogens with zero attached hydrogens (tertiary/aromatic N) is 1. The maximum absolute atomic E-state index is 12.6. The van der Waals surface area contributed by atoms with Crippen molar-refractivity contribution in [3.63, 3.8) is 0 Å². The van der Waals surface area contributed by atoms with Gasteiger partial charge in [0.25, 0.3) is 0 Å². The molecule has 6 heteroatoms. The zero-order valence-electron chi connectivity index (χ0n) is 12.0. The van der Waals surface area contributed by atoms with Crippen LogP contribution in [-0.4, -0.2) is 54.0 Å². The lowest BCUT2D eigenvalue weighted by Gasteiger charge is -2.39. The van der Waals surface area contributed by atoms with Crippen LogP contribution in [0.25, 0.3) is 0 Å². The van der Waals surface area contributed by atoms with Crippen LogP contribution in [0.5, 0.6) is 0 Å². The van der Waals surface area contributed by atoms with Crippen molar-refractivity contribution >= 4 is 11.9 Å². The molecular formula is C15H21NO5. The fourth-order valence-corrected chi connectivity index (χ4v) is 3.45. The highest BCUT2D eigenvalue weighted by Crippen LogP contribution is 2.34. The molecule has 1 spiro atoms. The van der Waals surface area contributed by atoms with Gasteiger partial charge in [-0.3, -0.25) is 9.59 Å². The first-order chi connectivity index (χ1) is 10.1. The molecule has 0 saturated carbocycles. The highest BCUT2D eigenvalue weighted by atomic mass is 16.7. The van der Waals surface area contributed by atoms with E-state index in [0.717, 1.165) is 0 Å². The van der Waals surface area contributed by atoms with E-state index < -0.39 is 23.6 Å². The predicted octanol–water partition coefficient (Wildman–Crippen LogP) is 1.02. The average molecular weight is 295 g/mol. The van der Waals surface area contributed by atoms with Gasteiger partial charge in [0.1, 0.15) is 0 Å². The average Bonchev–Trinajstić information content (AvgIpc) is 2.95. The molecule has 1 N–H and O–H groups in total. The van der Waals surface area contributed by atoms with E-state index in [0.29, 0.717) is 52.0 Å². The van der Waals surface area contributed by atoms with Crippen molar-refractivity contribution in [1.82, 2.24) is 4.90 Å². The fraction of sp³-hybridized carbons (Fsp3) is 0.733. The monoisotopic (exact) mass is 295 g/mol. The van der Waals surface area contributed by atoms with Gasteiger partial charge in [0.2, 0.25) is 5.91 Å². The van der Waals surface area contributed by atoms with Crippen molar-refractivity contribution in [2.45, 2.75) is 31.5 Å². The number of rotatable bonds is 2. The van der Waals surface area contributed by atoms with Gasteiger partial charge in [0, 0.05) is 25.9 Å². The van der Waals surface area contributed by atoms with Gasteiger partial charge in [0.15, 0.2) is 5.79 Å². The Morgan fingerprint density at radius 2 is 1.62 bits per heavy atom. The highest BCUT2D eigenvalue weighted by molar-refractivity contribution is 5.85. The first kappa shape index (κ1) is 14.5. The highest BCUT2D eigenvalue weighted by Gasteiger charge is 2.43. The van der Waals surface area contributed by atoms with Crippen LogP contribution in [-0.2, 0) is 19.1 Å². The summed E-state index contributed by atoms with van der Waals surface area (Å²) in [5.74, 6) is -2.47. The van der Waals surface area contributed by atoms with Gasteiger partial charge in [-0.05, 0) is 12.8 Å². The second-order valence-electron chi connectivity index (χ2n) is 5.93. The molecular weight excluding hydrogens is 274 g/mol. The number of likely N-dealkylation sites (tertiary alicyclic amines) is 1. The van der Waals surface area contributed by atoms with Gasteiger partial charge in [0.05, 0.1) is 25.0 Å². The van der Waals surface area contributed by atoms with Crippen LogP contribution in [0.4, 0.5) is 0 Å². The lowest BCUT2D eigenvalue weighted by Crippen LogP contribution is -2.50. The Bertz CT molecular complexity index is 445. The van der Waals surface area contributed by atoms with Crippen LogP contribution in [0.1, 0.15) is 25.7 Å².